The predicted octanol–water partition coefficient (Wildman–Crippen LogP) is 1.55. The minimum Gasteiger partial charge on any atom is -0.368 e. The predicted molar refractivity (Wildman–Crippen MR) is 77.1 cm³/mol. The summed E-state index contributed by atoms with van der Waals surface area (Å²) >= 11 is 3.33. The van der Waals surface area contributed by atoms with Crippen LogP contribution in [-0.4, -0.2) is 17.9 Å². The number of carbonyl (C=O) groups excluding carboxylic acids is 2. The Labute approximate surface area is 120 Å². The third-order valence-corrected chi connectivity index (χ3v) is 3.27. The highest BCUT2D eigenvalue weighted by Gasteiger charge is 2.21. The lowest BCUT2D eigenvalue weighted by Crippen LogP contribution is -2.45. The van der Waals surface area contributed by atoms with Crippen LogP contribution in [0.2, 0.25) is 0 Å². The van der Waals surface area contributed by atoms with Gasteiger partial charge in [0.05, 0.1) is 5.92 Å². The van der Waals surface area contributed by atoms with Gasteiger partial charge in [-0.2, -0.15) is 0 Å². The van der Waals surface area contributed by atoms with E-state index in [1.807, 2.05) is 24.3 Å². The topological polar surface area (TPSA) is 72.2 Å². The fourth-order valence-corrected chi connectivity index (χ4v) is 1.80. The molecular formula is C14H15BrN2O2. The Kier molecular flexibility index (Phi) is 5.58. The summed E-state index contributed by atoms with van der Waals surface area (Å²) < 4.78 is 0.936. The van der Waals surface area contributed by atoms with Crippen LogP contribution in [0.3, 0.4) is 0 Å². The summed E-state index contributed by atoms with van der Waals surface area (Å²) in [6.45, 7) is 1.76. The number of terminal acetylenes is 1. The van der Waals surface area contributed by atoms with Crippen molar-refractivity contribution in [3.63, 3.8) is 0 Å². The summed E-state index contributed by atoms with van der Waals surface area (Å²) in [6.07, 6.45) is 5.22. The third-order valence-electron chi connectivity index (χ3n) is 2.75. The van der Waals surface area contributed by atoms with Crippen LogP contribution >= 0.6 is 15.9 Å². The van der Waals surface area contributed by atoms with E-state index in [0.717, 1.165) is 10.0 Å². The van der Waals surface area contributed by atoms with E-state index in [0.29, 0.717) is 0 Å². The summed E-state index contributed by atoms with van der Waals surface area (Å²) in [7, 11) is 0. The fraction of sp³-hybridized carbons (Fsp3) is 0.286. The maximum absolute atomic E-state index is 12.0. The largest absolute Gasteiger partial charge is 0.368 e. The molecule has 0 aliphatic rings. The van der Waals surface area contributed by atoms with Crippen LogP contribution in [0.15, 0.2) is 28.7 Å². The van der Waals surface area contributed by atoms with Gasteiger partial charge in [-0.05, 0) is 24.6 Å². The van der Waals surface area contributed by atoms with Crippen LogP contribution in [0.1, 0.15) is 24.8 Å². The number of nitrogens with two attached hydrogens (primary N) is 1. The first-order valence-electron chi connectivity index (χ1n) is 5.74. The standard InChI is InChI=1S/C14H15BrN2O2/c1-3-4-12(13(16)18)17-14(19)9(2)10-5-7-11(15)8-6-10/h1,5-9,12H,4H2,2H3,(H2,16,18)(H,17,19)/t9-,12+/m0/s1. The molecule has 0 unspecified atom stereocenters. The summed E-state index contributed by atoms with van der Waals surface area (Å²) in [4.78, 5) is 23.2. The summed E-state index contributed by atoms with van der Waals surface area (Å²) in [5, 5.41) is 2.56. The zero-order chi connectivity index (χ0) is 14.4. The molecule has 1 aromatic carbocycles. The quantitative estimate of drug-likeness (QED) is 0.807. The van der Waals surface area contributed by atoms with Crippen LogP contribution in [0, 0.1) is 12.3 Å². The molecule has 19 heavy (non-hydrogen) atoms. The summed E-state index contributed by atoms with van der Waals surface area (Å²) in [5.74, 6) is 1.03. The van der Waals surface area contributed by atoms with Gasteiger partial charge in [0.1, 0.15) is 6.04 Å². The van der Waals surface area contributed by atoms with Crippen molar-refractivity contribution in [2.24, 2.45) is 5.73 Å². The van der Waals surface area contributed by atoms with Gasteiger partial charge in [-0.1, -0.05) is 28.1 Å². The number of hydrogen-bond acceptors (Lipinski definition) is 2. The molecule has 2 atom stereocenters. The Bertz CT molecular complexity index is 505. The Hall–Kier alpha value is -1.80. The number of nitrogens with one attached hydrogen (secondary N) is 1. The molecule has 0 aromatic heterocycles. The first-order valence-corrected chi connectivity index (χ1v) is 6.53. The fourth-order valence-electron chi connectivity index (χ4n) is 1.54. The highest BCUT2D eigenvalue weighted by Crippen LogP contribution is 2.18. The van der Waals surface area contributed by atoms with Crippen LogP contribution in [-0.2, 0) is 9.59 Å². The van der Waals surface area contributed by atoms with Gasteiger partial charge in [0.25, 0.3) is 0 Å². The van der Waals surface area contributed by atoms with Crippen LogP contribution in [0.5, 0.6) is 0 Å². The number of carbonyl (C=O) groups is 2. The monoisotopic (exact) mass is 322 g/mol. The van der Waals surface area contributed by atoms with Gasteiger partial charge in [-0.15, -0.1) is 12.3 Å². The van der Waals surface area contributed by atoms with Gasteiger partial charge in [-0.3, -0.25) is 9.59 Å². The molecule has 4 nitrogen and oxygen atoms in total. The highest BCUT2D eigenvalue weighted by atomic mass is 79.9. The second kappa shape index (κ2) is 6.95. The van der Waals surface area contributed by atoms with E-state index in [1.54, 1.807) is 6.92 Å². The van der Waals surface area contributed by atoms with Crippen LogP contribution < -0.4 is 11.1 Å². The molecule has 0 aliphatic carbocycles. The van der Waals surface area contributed by atoms with E-state index in [2.05, 4.69) is 27.2 Å². The first kappa shape index (κ1) is 15.3. The van der Waals surface area contributed by atoms with Crippen molar-refractivity contribution in [2.75, 3.05) is 0 Å². The molecule has 0 fully saturated rings. The van der Waals surface area contributed by atoms with Crippen molar-refractivity contribution in [2.45, 2.75) is 25.3 Å². The lowest BCUT2D eigenvalue weighted by Gasteiger charge is -2.17. The molecule has 1 rings (SSSR count). The molecule has 0 saturated carbocycles. The molecule has 0 spiro atoms. The zero-order valence-electron chi connectivity index (χ0n) is 10.5. The molecule has 0 saturated heterocycles. The Morgan fingerprint density at radius 3 is 2.47 bits per heavy atom. The molecule has 1 aromatic rings. The van der Waals surface area contributed by atoms with Crippen LogP contribution in [0.4, 0.5) is 0 Å². The van der Waals surface area contributed by atoms with E-state index >= 15 is 0 Å². The lowest BCUT2D eigenvalue weighted by molar-refractivity contribution is -0.127. The smallest absolute Gasteiger partial charge is 0.240 e. The van der Waals surface area contributed by atoms with Crippen molar-refractivity contribution in [3.8, 4) is 12.3 Å². The van der Waals surface area contributed by atoms with Crippen LogP contribution in [0.25, 0.3) is 0 Å². The molecular weight excluding hydrogens is 308 g/mol. The van der Waals surface area contributed by atoms with Gasteiger partial charge < -0.3 is 11.1 Å². The van der Waals surface area contributed by atoms with Gasteiger partial charge >= 0.3 is 0 Å². The van der Waals surface area contributed by atoms with Crippen molar-refractivity contribution < 1.29 is 9.59 Å². The molecule has 3 N–H and O–H groups in total. The summed E-state index contributed by atoms with van der Waals surface area (Å²) in [5.41, 5.74) is 6.03. The number of rotatable bonds is 5. The molecule has 2 amide bonds. The van der Waals surface area contributed by atoms with Gasteiger partial charge in [0.15, 0.2) is 0 Å². The van der Waals surface area contributed by atoms with Gasteiger partial charge in [0.2, 0.25) is 11.8 Å². The highest BCUT2D eigenvalue weighted by molar-refractivity contribution is 9.10. The zero-order valence-corrected chi connectivity index (χ0v) is 12.1. The van der Waals surface area contributed by atoms with E-state index < -0.39 is 11.9 Å². The lowest BCUT2D eigenvalue weighted by atomic mass is 10.00. The first-order chi connectivity index (χ1) is 8.95. The number of primary amides is 1. The van der Waals surface area contributed by atoms with Crippen molar-refractivity contribution >= 4 is 27.7 Å². The van der Waals surface area contributed by atoms with E-state index in [9.17, 15) is 9.59 Å². The molecule has 0 aliphatic heterocycles. The Morgan fingerprint density at radius 1 is 1.42 bits per heavy atom. The number of halogens is 1. The minimum atomic E-state index is -0.824. The average molecular weight is 323 g/mol. The normalized spacial score (nSPS) is 13.1. The van der Waals surface area contributed by atoms with Crippen molar-refractivity contribution in [1.82, 2.24) is 5.32 Å². The van der Waals surface area contributed by atoms with E-state index in [1.165, 1.54) is 0 Å². The van der Waals surface area contributed by atoms with Crippen molar-refractivity contribution in [1.29, 1.82) is 0 Å². The molecule has 100 valence electrons. The number of benzene rings is 1. The van der Waals surface area contributed by atoms with E-state index in [-0.39, 0.29) is 18.2 Å². The molecule has 0 heterocycles. The summed E-state index contributed by atoms with van der Waals surface area (Å²) in [6, 6.07) is 6.57. The SMILES string of the molecule is C#CC[C@@H](NC(=O)[C@@H](C)c1ccc(Br)cc1)C(N)=O. The van der Waals surface area contributed by atoms with E-state index in [4.69, 9.17) is 12.2 Å². The third kappa shape index (κ3) is 4.42. The maximum Gasteiger partial charge on any atom is 0.240 e. The van der Waals surface area contributed by atoms with Crippen molar-refractivity contribution in [3.05, 3.63) is 34.3 Å². The maximum atomic E-state index is 12.0. The van der Waals surface area contributed by atoms with Gasteiger partial charge in [-0.25, -0.2) is 0 Å². The second-order valence-electron chi connectivity index (χ2n) is 4.15. The second-order valence-corrected chi connectivity index (χ2v) is 5.06. The molecule has 0 bridgehead atoms. The molecule has 0 radical (unpaired) electrons. The Morgan fingerprint density at radius 2 is 2.00 bits per heavy atom. The minimum absolute atomic E-state index is 0.0914. The average Bonchev–Trinajstić information content (AvgIpc) is 2.38. The Balaban J connectivity index is 2.74. The number of hydrogen-bond donors (Lipinski definition) is 2. The van der Waals surface area contributed by atoms with Gasteiger partial charge in [0, 0.05) is 10.9 Å². The molecule has 5 heteroatoms. The number of amides is 2.